The van der Waals surface area contributed by atoms with Gasteiger partial charge in [-0.25, -0.2) is 0 Å². The normalized spacial score (nSPS) is 27.4. The van der Waals surface area contributed by atoms with E-state index in [0.717, 1.165) is 28.7 Å². The molecule has 5 heteroatoms. The highest BCUT2D eigenvalue weighted by Gasteiger charge is 2.79. The molecule has 3 nitrogen and oxygen atoms in total. The lowest BCUT2D eigenvalue weighted by Gasteiger charge is -2.24. The average Bonchev–Trinajstić information content (AvgIpc) is 3.34. The predicted molar refractivity (Wildman–Crippen MR) is 112 cm³/mol. The summed E-state index contributed by atoms with van der Waals surface area (Å²) in [4.78, 5) is 13.2. The van der Waals surface area contributed by atoms with Crippen LogP contribution in [0.2, 0.25) is 10.0 Å². The standard InChI is InChI=1S/C23H24Cl2O3/c1-6-13-7-8-14(16-10-9-15(24)12-18(16)25)11-17(13)19-23(27-19)20(26)21(2,3)28-22(23,4)5/h7-12,19H,6H2,1-5H3. The van der Waals surface area contributed by atoms with Gasteiger partial charge in [0.2, 0.25) is 5.78 Å². The third kappa shape index (κ3) is 2.75. The molecule has 4 rings (SSSR count). The molecule has 2 aliphatic heterocycles. The van der Waals surface area contributed by atoms with Gasteiger partial charge in [-0.05, 0) is 69.0 Å². The first-order valence-corrected chi connectivity index (χ1v) is 10.3. The van der Waals surface area contributed by atoms with Crippen LogP contribution in [0, 0.1) is 0 Å². The number of ketones is 1. The summed E-state index contributed by atoms with van der Waals surface area (Å²) in [5.41, 5.74) is 1.56. The molecule has 2 aliphatic rings. The molecule has 2 aromatic carbocycles. The Morgan fingerprint density at radius 3 is 2.32 bits per heavy atom. The quantitative estimate of drug-likeness (QED) is 0.557. The van der Waals surface area contributed by atoms with Crippen LogP contribution in [0.1, 0.15) is 51.8 Å². The molecule has 2 aromatic rings. The third-order valence-electron chi connectivity index (χ3n) is 5.96. The lowest BCUT2D eigenvalue weighted by molar-refractivity contribution is -0.132. The van der Waals surface area contributed by atoms with Crippen molar-refractivity contribution >= 4 is 29.0 Å². The van der Waals surface area contributed by atoms with E-state index in [1.807, 2.05) is 39.8 Å². The van der Waals surface area contributed by atoms with Gasteiger partial charge in [0.05, 0.1) is 0 Å². The molecular formula is C23H24Cl2O3. The summed E-state index contributed by atoms with van der Waals surface area (Å²) in [6.45, 7) is 9.60. The fourth-order valence-corrected chi connectivity index (χ4v) is 5.11. The predicted octanol–water partition coefficient (Wildman–Crippen LogP) is 6.19. The number of benzene rings is 2. The van der Waals surface area contributed by atoms with Gasteiger partial charge in [-0.1, -0.05) is 48.3 Å². The Labute approximate surface area is 175 Å². The third-order valence-corrected chi connectivity index (χ3v) is 6.50. The van der Waals surface area contributed by atoms with E-state index >= 15 is 0 Å². The number of ether oxygens (including phenoxy) is 2. The Hall–Kier alpha value is -1.39. The van der Waals surface area contributed by atoms with E-state index < -0.39 is 16.8 Å². The maximum absolute atomic E-state index is 13.2. The van der Waals surface area contributed by atoms with Crippen LogP contribution < -0.4 is 0 Å². The molecule has 0 radical (unpaired) electrons. The summed E-state index contributed by atoms with van der Waals surface area (Å²) < 4.78 is 12.3. The number of rotatable bonds is 3. The Morgan fingerprint density at radius 1 is 1.04 bits per heavy atom. The maximum Gasteiger partial charge on any atom is 0.201 e. The summed E-state index contributed by atoms with van der Waals surface area (Å²) in [6, 6.07) is 11.7. The summed E-state index contributed by atoms with van der Waals surface area (Å²) in [5.74, 6) is 0.00646. The highest BCUT2D eigenvalue weighted by Crippen LogP contribution is 2.64. The number of Topliss-reactive ketones (excluding diaryl/α,β-unsaturated/α-hetero) is 1. The van der Waals surface area contributed by atoms with E-state index in [9.17, 15) is 4.79 Å². The molecule has 2 saturated heterocycles. The van der Waals surface area contributed by atoms with Crippen molar-refractivity contribution in [1.29, 1.82) is 0 Å². The lowest BCUT2D eigenvalue weighted by atomic mass is 9.79. The van der Waals surface area contributed by atoms with Crippen LogP contribution in [-0.4, -0.2) is 22.6 Å². The highest BCUT2D eigenvalue weighted by molar-refractivity contribution is 6.36. The number of carbonyl (C=O) groups is 1. The first-order valence-electron chi connectivity index (χ1n) is 9.54. The minimum absolute atomic E-state index is 0.00646. The summed E-state index contributed by atoms with van der Waals surface area (Å²) >= 11 is 12.5. The van der Waals surface area contributed by atoms with E-state index in [4.69, 9.17) is 32.7 Å². The number of epoxide rings is 1. The van der Waals surface area contributed by atoms with E-state index in [1.165, 1.54) is 0 Å². The van der Waals surface area contributed by atoms with Gasteiger partial charge in [0, 0.05) is 15.6 Å². The zero-order valence-electron chi connectivity index (χ0n) is 16.7. The Kier molecular flexibility index (Phi) is 4.48. The van der Waals surface area contributed by atoms with Crippen molar-refractivity contribution in [1.82, 2.24) is 0 Å². The van der Waals surface area contributed by atoms with Crippen LogP contribution >= 0.6 is 23.2 Å². The van der Waals surface area contributed by atoms with Gasteiger partial charge in [-0.15, -0.1) is 0 Å². The maximum atomic E-state index is 13.2. The number of carbonyl (C=O) groups excluding carboxylic acids is 1. The van der Waals surface area contributed by atoms with Crippen molar-refractivity contribution in [2.45, 2.75) is 63.9 Å². The van der Waals surface area contributed by atoms with E-state index in [0.29, 0.717) is 10.0 Å². The molecule has 2 unspecified atom stereocenters. The monoisotopic (exact) mass is 418 g/mol. The molecular weight excluding hydrogens is 395 g/mol. The molecule has 0 bridgehead atoms. The summed E-state index contributed by atoms with van der Waals surface area (Å²) in [5, 5.41) is 1.19. The lowest BCUT2D eigenvalue weighted by Crippen LogP contribution is -2.41. The Morgan fingerprint density at radius 2 is 1.75 bits per heavy atom. The first kappa shape index (κ1) is 19.9. The number of aryl methyl sites for hydroxylation is 1. The van der Waals surface area contributed by atoms with Crippen molar-refractivity contribution in [2.75, 3.05) is 0 Å². The molecule has 2 fully saturated rings. The molecule has 2 atom stereocenters. The van der Waals surface area contributed by atoms with Gasteiger partial charge in [-0.3, -0.25) is 4.79 Å². The molecule has 0 saturated carbocycles. The Bertz CT molecular complexity index is 980. The zero-order chi connectivity index (χ0) is 20.5. The van der Waals surface area contributed by atoms with E-state index in [1.54, 1.807) is 6.07 Å². The SMILES string of the molecule is CCc1ccc(-c2ccc(Cl)cc2Cl)cc1C1OC12C(=O)C(C)(C)OC2(C)C. The van der Waals surface area contributed by atoms with Crippen molar-refractivity contribution in [3.05, 3.63) is 57.6 Å². The smallest absolute Gasteiger partial charge is 0.201 e. The van der Waals surface area contributed by atoms with Gasteiger partial charge in [-0.2, -0.15) is 0 Å². The second-order valence-corrected chi connectivity index (χ2v) is 9.42. The van der Waals surface area contributed by atoms with E-state index in [-0.39, 0.29) is 11.9 Å². The highest BCUT2D eigenvalue weighted by atomic mass is 35.5. The van der Waals surface area contributed by atoms with Crippen molar-refractivity contribution < 1.29 is 14.3 Å². The number of hydrogen-bond donors (Lipinski definition) is 0. The fraction of sp³-hybridized carbons (Fsp3) is 0.435. The summed E-state index contributed by atoms with van der Waals surface area (Å²) in [7, 11) is 0. The second kappa shape index (κ2) is 6.30. The molecule has 0 N–H and O–H groups in total. The Balaban J connectivity index is 1.80. The fourth-order valence-electron chi connectivity index (χ4n) is 4.60. The minimum Gasteiger partial charge on any atom is -0.358 e. The first-order chi connectivity index (χ1) is 13.0. The van der Waals surface area contributed by atoms with Gasteiger partial charge in [0.1, 0.15) is 17.3 Å². The average molecular weight is 419 g/mol. The van der Waals surface area contributed by atoms with Gasteiger partial charge in [0.25, 0.3) is 0 Å². The molecule has 0 aliphatic carbocycles. The molecule has 28 heavy (non-hydrogen) atoms. The topological polar surface area (TPSA) is 38.8 Å². The zero-order valence-corrected chi connectivity index (χ0v) is 18.2. The van der Waals surface area contributed by atoms with Crippen LogP contribution in [0.4, 0.5) is 0 Å². The van der Waals surface area contributed by atoms with Crippen LogP contribution in [0.3, 0.4) is 0 Å². The summed E-state index contributed by atoms with van der Waals surface area (Å²) in [6.07, 6.45) is 0.524. The van der Waals surface area contributed by atoms with Crippen molar-refractivity contribution in [2.24, 2.45) is 0 Å². The largest absolute Gasteiger partial charge is 0.358 e. The van der Waals surface area contributed by atoms with Crippen molar-refractivity contribution in [3.63, 3.8) is 0 Å². The van der Waals surface area contributed by atoms with Crippen LogP contribution in [-0.2, 0) is 20.7 Å². The van der Waals surface area contributed by atoms with Crippen molar-refractivity contribution in [3.8, 4) is 11.1 Å². The second-order valence-electron chi connectivity index (χ2n) is 8.58. The molecule has 148 valence electrons. The number of halogens is 2. The van der Waals surface area contributed by atoms with Crippen LogP contribution in [0.25, 0.3) is 11.1 Å². The van der Waals surface area contributed by atoms with Gasteiger partial charge in [0.15, 0.2) is 5.60 Å². The molecule has 2 heterocycles. The molecule has 1 spiro atoms. The minimum atomic E-state index is -0.942. The molecule has 0 amide bonds. The van der Waals surface area contributed by atoms with Gasteiger partial charge < -0.3 is 9.47 Å². The van der Waals surface area contributed by atoms with Crippen LogP contribution in [0.15, 0.2) is 36.4 Å². The number of hydrogen-bond acceptors (Lipinski definition) is 3. The van der Waals surface area contributed by atoms with Crippen LogP contribution in [0.5, 0.6) is 0 Å². The van der Waals surface area contributed by atoms with Gasteiger partial charge >= 0.3 is 0 Å². The molecule has 0 aromatic heterocycles. The van der Waals surface area contributed by atoms with E-state index in [2.05, 4.69) is 25.1 Å².